The van der Waals surface area contributed by atoms with Crippen LogP contribution in [0.25, 0.3) is 21.9 Å². The third-order valence-electron chi connectivity index (χ3n) is 3.65. The third-order valence-corrected chi connectivity index (χ3v) is 3.65. The van der Waals surface area contributed by atoms with Crippen LogP contribution in [-0.2, 0) is 6.54 Å². The van der Waals surface area contributed by atoms with Crippen molar-refractivity contribution >= 4 is 21.9 Å². The van der Waals surface area contributed by atoms with Crippen LogP contribution in [0, 0.1) is 20.8 Å². The van der Waals surface area contributed by atoms with Crippen LogP contribution in [0.3, 0.4) is 0 Å². The molecule has 4 heteroatoms. The molecule has 0 spiro atoms. The predicted octanol–water partition coefficient (Wildman–Crippen LogP) is 2.92. The Morgan fingerprint density at radius 1 is 1.00 bits per heavy atom. The summed E-state index contributed by atoms with van der Waals surface area (Å²) in [6.45, 7) is 6.16. The van der Waals surface area contributed by atoms with E-state index < -0.39 is 0 Å². The van der Waals surface area contributed by atoms with Gasteiger partial charge >= 0.3 is 5.63 Å². The van der Waals surface area contributed by atoms with Crippen molar-refractivity contribution in [2.75, 3.05) is 0 Å². The summed E-state index contributed by atoms with van der Waals surface area (Å²) in [5.41, 5.74) is 9.48. The van der Waals surface area contributed by atoms with Gasteiger partial charge in [0.15, 0.2) is 0 Å². The summed E-state index contributed by atoms with van der Waals surface area (Å²) in [4.78, 5) is 11.5. The van der Waals surface area contributed by atoms with Crippen molar-refractivity contribution in [3.05, 3.63) is 45.0 Å². The van der Waals surface area contributed by atoms with E-state index in [-0.39, 0.29) is 5.63 Å². The Hall–Kier alpha value is -2.07. The van der Waals surface area contributed by atoms with E-state index in [1.165, 1.54) is 6.07 Å². The average molecular weight is 257 g/mol. The van der Waals surface area contributed by atoms with Gasteiger partial charge in [0.25, 0.3) is 0 Å². The highest BCUT2D eigenvalue weighted by Gasteiger charge is 2.16. The van der Waals surface area contributed by atoms with Gasteiger partial charge in [0.1, 0.15) is 16.9 Å². The van der Waals surface area contributed by atoms with Crippen LogP contribution >= 0.6 is 0 Å². The van der Waals surface area contributed by atoms with Gasteiger partial charge < -0.3 is 14.6 Å². The topological polar surface area (TPSA) is 69.4 Å². The number of benzene rings is 1. The number of rotatable bonds is 1. The summed E-state index contributed by atoms with van der Waals surface area (Å²) < 4.78 is 11.1. The van der Waals surface area contributed by atoms with Crippen molar-refractivity contribution < 1.29 is 8.83 Å². The van der Waals surface area contributed by atoms with E-state index in [9.17, 15) is 4.79 Å². The average Bonchev–Trinajstić information content (AvgIpc) is 2.69. The number of hydrogen-bond acceptors (Lipinski definition) is 4. The molecule has 0 fully saturated rings. The molecule has 0 radical (unpaired) electrons. The number of fused-ring (bicyclic) bond motifs is 2. The van der Waals surface area contributed by atoms with Gasteiger partial charge in [-0.25, -0.2) is 4.79 Å². The molecule has 0 amide bonds. The Labute approximate surface area is 109 Å². The summed E-state index contributed by atoms with van der Waals surface area (Å²) in [6.07, 6.45) is 0. The lowest BCUT2D eigenvalue weighted by Crippen LogP contribution is -1.99. The van der Waals surface area contributed by atoms with Gasteiger partial charge in [-0.1, -0.05) is 0 Å². The zero-order valence-electron chi connectivity index (χ0n) is 11.2. The molecule has 98 valence electrons. The van der Waals surface area contributed by atoms with Crippen LogP contribution in [0.1, 0.15) is 22.5 Å². The lowest BCUT2D eigenvalue weighted by Gasteiger charge is -2.04. The van der Waals surface area contributed by atoms with Crippen LogP contribution in [-0.4, -0.2) is 0 Å². The fourth-order valence-corrected chi connectivity index (χ4v) is 2.55. The molecule has 2 aromatic heterocycles. The number of furan rings is 1. The van der Waals surface area contributed by atoms with Gasteiger partial charge in [-0.15, -0.1) is 0 Å². The first-order valence-corrected chi connectivity index (χ1v) is 6.19. The normalized spacial score (nSPS) is 11.6. The lowest BCUT2D eigenvalue weighted by molar-refractivity contribution is 0.539. The number of aryl methyl sites for hydroxylation is 3. The monoisotopic (exact) mass is 257 g/mol. The van der Waals surface area contributed by atoms with E-state index in [2.05, 4.69) is 0 Å². The van der Waals surface area contributed by atoms with Crippen molar-refractivity contribution in [1.29, 1.82) is 0 Å². The number of nitrogens with two attached hydrogens (primary N) is 1. The van der Waals surface area contributed by atoms with Crippen molar-refractivity contribution in [2.45, 2.75) is 27.3 Å². The highest BCUT2D eigenvalue weighted by Crippen LogP contribution is 2.33. The number of hydrogen-bond donors (Lipinski definition) is 1. The maximum atomic E-state index is 11.5. The molecule has 3 aromatic rings. The van der Waals surface area contributed by atoms with Crippen molar-refractivity contribution in [1.82, 2.24) is 0 Å². The molecule has 0 aliphatic carbocycles. The minimum Gasteiger partial charge on any atom is -0.459 e. The molecule has 0 aliphatic rings. The predicted molar refractivity (Wildman–Crippen MR) is 74.4 cm³/mol. The van der Waals surface area contributed by atoms with Crippen LogP contribution in [0.5, 0.6) is 0 Å². The fourth-order valence-electron chi connectivity index (χ4n) is 2.55. The molecule has 2 heterocycles. The Morgan fingerprint density at radius 2 is 1.68 bits per heavy atom. The second-order valence-electron chi connectivity index (χ2n) is 4.86. The van der Waals surface area contributed by atoms with Crippen LogP contribution in [0.2, 0.25) is 0 Å². The van der Waals surface area contributed by atoms with Crippen LogP contribution < -0.4 is 11.4 Å². The molecule has 0 unspecified atom stereocenters. The molecule has 0 aliphatic heterocycles. The Morgan fingerprint density at radius 3 is 2.37 bits per heavy atom. The minimum absolute atomic E-state index is 0.338. The fraction of sp³-hybridized carbons (Fsp3) is 0.267. The largest absolute Gasteiger partial charge is 0.459 e. The molecule has 1 aromatic carbocycles. The maximum Gasteiger partial charge on any atom is 0.336 e. The molecule has 0 saturated heterocycles. The summed E-state index contributed by atoms with van der Waals surface area (Å²) in [5, 5.41) is 1.97. The smallest absolute Gasteiger partial charge is 0.336 e. The van der Waals surface area contributed by atoms with Crippen LogP contribution in [0.15, 0.2) is 25.8 Å². The van der Waals surface area contributed by atoms with E-state index in [1.54, 1.807) is 0 Å². The molecule has 19 heavy (non-hydrogen) atoms. The highest BCUT2D eigenvalue weighted by atomic mass is 16.4. The standard InChI is InChI=1S/C15H15NO3/c1-7-4-13(17)19-14-9(3)15-11(5-10(7)14)8(2)12(6-16)18-15/h4-5H,6,16H2,1-3H3. The Kier molecular flexibility index (Phi) is 2.50. The first-order valence-electron chi connectivity index (χ1n) is 6.19. The lowest BCUT2D eigenvalue weighted by atomic mass is 10.0. The first kappa shape index (κ1) is 12.0. The first-order chi connectivity index (χ1) is 9.02. The SMILES string of the molecule is Cc1cc(=O)oc2c(C)c3oc(CN)c(C)c3cc12. The van der Waals surface area contributed by atoms with E-state index in [0.717, 1.165) is 38.8 Å². The molecule has 3 rings (SSSR count). The minimum atomic E-state index is -0.338. The zero-order valence-corrected chi connectivity index (χ0v) is 11.2. The summed E-state index contributed by atoms with van der Waals surface area (Å²) in [7, 11) is 0. The van der Waals surface area contributed by atoms with E-state index >= 15 is 0 Å². The molecular weight excluding hydrogens is 242 g/mol. The molecular formula is C15H15NO3. The van der Waals surface area contributed by atoms with Gasteiger partial charge in [-0.2, -0.15) is 0 Å². The summed E-state index contributed by atoms with van der Waals surface area (Å²) in [6, 6.07) is 3.51. The van der Waals surface area contributed by atoms with Gasteiger partial charge in [0.05, 0.1) is 6.54 Å². The van der Waals surface area contributed by atoms with E-state index in [4.69, 9.17) is 14.6 Å². The zero-order chi connectivity index (χ0) is 13.7. The molecule has 0 saturated carbocycles. The molecule has 0 atom stereocenters. The van der Waals surface area contributed by atoms with Gasteiger partial charge in [0, 0.05) is 22.4 Å². The van der Waals surface area contributed by atoms with Crippen LogP contribution in [0.4, 0.5) is 0 Å². The third kappa shape index (κ3) is 1.60. The van der Waals surface area contributed by atoms with Gasteiger partial charge in [0.2, 0.25) is 0 Å². The van der Waals surface area contributed by atoms with Crippen molar-refractivity contribution in [3.8, 4) is 0 Å². The van der Waals surface area contributed by atoms with Gasteiger partial charge in [-0.3, -0.25) is 0 Å². The second kappa shape index (κ2) is 3.96. The van der Waals surface area contributed by atoms with E-state index in [0.29, 0.717) is 12.1 Å². The molecule has 0 bridgehead atoms. The van der Waals surface area contributed by atoms with Crippen molar-refractivity contribution in [3.63, 3.8) is 0 Å². The molecule has 2 N–H and O–H groups in total. The summed E-state index contributed by atoms with van der Waals surface area (Å²) in [5.74, 6) is 0.772. The Balaban J connectivity index is 2.58. The molecule has 4 nitrogen and oxygen atoms in total. The highest BCUT2D eigenvalue weighted by molar-refractivity contribution is 5.99. The second-order valence-corrected chi connectivity index (χ2v) is 4.86. The van der Waals surface area contributed by atoms with E-state index in [1.807, 2.05) is 26.8 Å². The summed E-state index contributed by atoms with van der Waals surface area (Å²) >= 11 is 0. The maximum absolute atomic E-state index is 11.5. The Bertz CT molecular complexity index is 855. The quantitative estimate of drug-likeness (QED) is 0.680. The van der Waals surface area contributed by atoms with Gasteiger partial charge in [-0.05, 0) is 38.0 Å². The van der Waals surface area contributed by atoms with Crippen molar-refractivity contribution in [2.24, 2.45) is 5.73 Å².